The molecule has 0 spiro atoms. The standard InChI is InChI=1S/C82H153NO5/c1-3-5-7-9-11-13-15-17-19-46-50-54-58-62-66-70-74-80(85)79(78-84)83-81(86)75-71-67-63-59-55-51-47-44-42-40-38-36-34-32-30-28-26-24-22-21-23-25-27-29-31-33-35-37-39-41-43-45-49-53-57-61-65-69-73-77-88-82(87)76-72-68-64-60-56-52-48-20-18-16-14-12-10-8-6-4-2/h14,16,20-22,25,27,48,70,74,79-80,84-85H,3-13,15,17-19,23-24,26,28-47,49-69,71-73,75-78H2,1-2H3,(H,83,86)/b16-14-,22-21-,27-25-,48-20-,74-70+. The van der Waals surface area contributed by atoms with E-state index in [0.29, 0.717) is 19.4 Å². The molecular formula is C82H153NO5. The predicted octanol–water partition coefficient (Wildman–Crippen LogP) is 26.2. The van der Waals surface area contributed by atoms with Gasteiger partial charge in [-0.05, 0) is 96.3 Å². The second kappa shape index (κ2) is 77.0. The molecule has 0 aliphatic carbocycles. The Morgan fingerprint density at radius 2 is 0.568 bits per heavy atom. The Balaban J connectivity index is 3.37. The number of esters is 1. The maximum atomic E-state index is 12.5. The fourth-order valence-electron chi connectivity index (χ4n) is 12.2. The van der Waals surface area contributed by atoms with Crippen LogP contribution in [0.5, 0.6) is 0 Å². The van der Waals surface area contributed by atoms with Crippen LogP contribution in [-0.4, -0.2) is 47.4 Å². The number of aliphatic hydroxyl groups excluding tert-OH is 2. The van der Waals surface area contributed by atoms with E-state index in [4.69, 9.17) is 4.74 Å². The molecule has 0 heterocycles. The van der Waals surface area contributed by atoms with Crippen molar-refractivity contribution >= 4 is 11.9 Å². The van der Waals surface area contributed by atoms with Crippen molar-refractivity contribution in [2.45, 2.75) is 437 Å². The minimum Gasteiger partial charge on any atom is -0.466 e. The first-order valence-electron chi connectivity index (χ1n) is 39.6. The van der Waals surface area contributed by atoms with Gasteiger partial charge in [0.05, 0.1) is 25.4 Å². The van der Waals surface area contributed by atoms with Crippen LogP contribution >= 0.6 is 0 Å². The van der Waals surface area contributed by atoms with Crippen LogP contribution in [0.1, 0.15) is 425 Å². The Morgan fingerprint density at radius 1 is 0.318 bits per heavy atom. The second-order valence-corrected chi connectivity index (χ2v) is 27.0. The third kappa shape index (κ3) is 72.6. The topological polar surface area (TPSA) is 95.9 Å². The first-order chi connectivity index (χ1) is 43.5. The fraction of sp³-hybridized carbons (Fsp3) is 0.854. The van der Waals surface area contributed by atoms with Gasteiger partial charge in [0.1, 0.15) is 0 Å². The Kier molecular flexibility index (Phi) is 74.9. The van der Waals surface area contributed by atoms with E-state index in [1.165, 1.54) is 340 Å². The molecule has 0 bridgehead atoms. The van der Waals surface area contributed by atoms with Gasteiger partial charge in [0.15, 0.2) is 0 Å². The summed E-state index contributed by atoms with van der Waals surface area (Å²) in [7, 11) is 0. The average Bonchev–Trinajstić information content (AvgIpc) is 3.58. The summed E-state index contributed by atoms with van der Waals surface area (Å²) in [6.45, 7) is 4.91. The van der Waals surface area contributed by atoms with E-state index in [1.807, 2.05) is 6.08 Å². The molecule has 6 heteroatoms. The van der Waals surface area contributed by atoms with Crippen LogP contribution in [0.4, 0.5) is 0 Å². The van der Waals surface area contributed by atoms with E-state index in [1.54, 1.807) is 6.08 Å². The summed E-state index contributed by atoms with van der Waals surface area (Å²) in [4.78, 5) is 24.6. The number of carbonyl (C=O) groups excluding carboxylic acids is 2. The maximum Gasteiger partial charge on any atom is 0.305 e. The molecule has 3 N–H and O–H groups in total. The van der Waals surface area contributed by atoms with Gasteiger partial charge in [-0.15, -0.1) is 0 Å². The molecule has 0 aromatic carbocycles. The van der Waals surface area contributed by atoms with Gasteiger partial charge in [0.2, 0.25) is 5.91 Å². The Hall–Kier alpha value is -2.44. The molecule has 0 aliphatic rings. The van der Waals surface area contributed by atoms with Gasteiger partial charge in [-0.2, -0.15) is 0 Å². The summed E-state index contributed by atoms with van der Waals surface area (Å²) in [6, 6.07) is -0.626. The van der Waals surface area contributed by atoms with Crippen LogP contribution < -0.4 is 5.32 Å². The van der Waals surface area contributed by atoms with Crippen molar-refractivity contribution in [3.05, 3.63) is 60.8 Å². The summed E-state index contributed by atoms with van der Waals surface area (Å²) in [6.07, 6.45) is 103. The van der Waals surface area contributed by atoms with E-state index in [9.17, 15) is 19.8 Å². The molecular weight excluding hydrogens is 1080 g/mol. The van der Waals surface area contributed by atoms with Crippen molar-refractivity contribution in [3.8, 4) is 0 Å². The number of aliphatic hydroxyl groups is 2. The van der Waals surface area contributed by atoms with Crippen molar-refractivity contribution in [1.82, 2.24) is 5.32 Å². The van der Waals surface area contributed by atoms with Gasteiger partial charge in [-0.3, -0.25) is 9.59 Å². The highest BCUT2D eigenvalue weighted by atomic mass is 16.5. The number of hydrogen-bond acceptors (Lipinski definition) is 5. The lowest BCUT2D eigenvalue weighted by molar-refractivity contribution is -0.143. The number of hydrogen-bond donors (Lipinski definition) is 3. The largest absolute Gasteiger partial charge is 0.466 e. The monoisotopic (exact) mass is 1230 g/mol. The molecule has 88 heavy (non-hydrogen) atoms. The van der Waals surface area contributed by atoms with Crippen molar-refractivity contribution in [3.63, 3.8) is 0 Å². The minimum atomic E-state index is -0.843. The highest BCUT2D eigenvalue weighted by Crippen LogP contribution is 2.19. The molecule has 516 valence electrons. The van der Waals surface area contributed by atoms with Gasteiger partial charge in [0, 0.05) is 12.8 Å². The predicted molar refractivity (Wildman–Crippen MR) is 389 cm³/mol. The Bertz CT molecular complexity index is 1520. The molecule has 1 amide bonds. The van der Waals surface area contributed by atoms with Gasteiger partial charge >= 0.3 is 5.97 Å². The van der Waals surface area contributed by atoms with Crippen molar-refractivity contribution in [2.24, 2.45) is 0 Å². The molecule has 0 saturated carbocycles. The smallest absolute Gasteiger partial charge is 0.305 e. The summed E-state index contributed by atoms with van der Waals surface area (Å²) < 4.78 is 5.50. The number of allylic oxidation sites excluding steroid dienone is 9. The highest BCUT2D eigenvalue weighted by Gasteiger charge is 2.18. The minimum absolute atomic E-state index is 0.00675. The van der Waals surface area contributed by atoms with E-state index in [-0.39, 0.29) is 18.5 Å². The molecule has 0 saturated heterocycles. The van der Waals surface area contributed by atoms with E-state index >= 15 is 0 Å². The summed E-state index contributed by atoms with van der Waals surface area (Å²) in [5.74, 6) is -0.0557. The van der Waals surface area contributed by atoms with Crippen LogP contribution in [0.3, 0.4) is 0 Å². The summed E-state index contributed by atoms with van der Waals surface area (Å²) >= 11 is 0. The number of nitrogens with one attached hydrogen (secondary N) is 1. The number of rotatable bonds is 74. The van der Waals surface area contributed by atoms with Crippen LogP contribution in [0.15, 0.2) is 60.8 Å². The van der Waals surface area contributed by atoms with Crippen LogP contribution in [0, 0.1) is 0 Å². The van der Waals surface area contributed by atoms with Crippen molar-refractivity contribution in [2.75, 3.05) is 13.2 Å². The van der Waals surface area contributed by atoms with E-state index < -0.39 is 12.1 Å². The Labute approximate surface area is 549 Å². The zero-order chi connectivity index (χ0) is 63.5. The third-order valence-electron chi connectivity index (χ3n) is 18.3. The molecule has 2 unspecified atom stereocenters. The lowest BCUT2D eigenvalue weighted by Gasteiger charge is -2.20. The van der Waals surface area contributed by atoms with Gasteiger partial charge in [-0.1, -0.05) is 376 Å². The normalized spacial score (nSPS) is 12.8. The third-order valence-corrected chi connectivity index (χ3v) is 18.3. The molecule has 0 fully saturated rings. The fourth-order valence-corrected chi connectivity index (χ4v) is 12.2. The van der Waals surface area contributed by atoms with Gasteiger partial charge in [0.25, 0.3) is 0 Å². The number of ether oxygens (including phenoxy) is 1. The second-order valence-electron chi connectivity index (χ2n) is 27.0. The molecule has 0 aliphatic heterocycles. The maximum absolute atomic E-state index is 12.5. The number of unbranched alkanes of at least 4 members (excludes halogenated alkanes) is 55. The van der Waals surface area contributed by atoms with Gasteiger partial charge in [-0.25, -0.2) is 0 Å². The van der Waals surface area contributed by atoms with E-state index in [2.05, 4.69) is 67.8 Å². The zero-order valence-corrected chi connectivity index (χ0v) is 59.2. The van der Waals surface area contributed by atoms with Crippen molar-refractivity contribution in [1.29, 1.82) is 0 Å². The molecule has 0 aromatic rings. The SMILES string of the molecule is CCCCCC/C=C\C/C=C\CCCCCCCC(=O)OCCCCCCCCCCCCCCCCC/C=C\C/C=C\CCCCCCCCCCCCCCCCCCCC(=O)NC(CO)C(O)/C=C/CCCCCCCCCCCCCCCC. The number of carbonyl (C=O) groups is 2. The van der Waals surface area contributed by atoms with Crippen LogP contribution in [-0.2, 0) is 14.3 Å². The van der Waals surface area contributed by atoms with Crippen molar-refractivity contribution < 1.29 is 24.5 Å². The number of amides is 1. The quantitative estimate of drug-likeness (QED) is 0.0320. The molecule has 0 radical (unpaired) electrons. The summed E-state index contributed by atoms with van der Waals surface area (Å²) in [5.41, 5.74) is 0. The molecule has 0 aromatic heterocycles. The highest BCUT2D eigenvalue weighted by molar-refractivity contribution is 5.76. The van der Waals surface area contributed by atoms with Gasteiger partial charge < -0.3 is 20.3 Å². The first kappa shape index (κ1) is 85.6. The molecule has 6 nitrogen and oxygen atoms in total. The average molecular weight is 1230 g/mol. The zero-order valence-electron chi connectivity index (χ0n) is 59.2. The van der Waals surface area contributed by atoms with Crippen LogP contribution in [0.25, 0.3) is 0 Å². The first-order valence-corrected chi connectivity index (χ1v) is 39.6. The molecule has 0 rings (SSSR count). The van der Waals surface area contributed by atoms with E-state index in [0.717, 1.165) is 57.8 Å². The lowest BCUT2D eigenvalue weighted by atomic mass is 10.0. The molecule has 2 atom stereocenters. The van der Waals surface area contributed by atoms with Crippen LogP contribution in [0.2, 0.25) is 0 Å². The lowest BCUT2D eigenvalue weighted by Crippen LogP contribution is -2.45. The summed E-state index contributed by atoms with van der Waals surface area (Å²) in [5, 5.41) is 23.2. The Morgan fingerprint density at radius 3 is 0.875 bits per heavy atom.